The molecule has 0 bridgehead atoms. The van der Waals surface area contributed by atoms with E-state index < -0.39 is 0 Å². The third-order valence-electron chi connectivity index (χ3n) is 9.17. The molecule has 1 aromatic rings. The molecule has 2 heteroatoms. The molecule has 1 aromatic carbocycles. The second-order valence-electron chi connectivity index (χ2n) is 10.7. The van der Waals surface area contributed by atoms with Crippen LogP contribution in [0.25, 0.3) is 0 Å². The van der Waals surface area contributed by atoms with Crippen molar-refractivity contribution in [2.45, 2.75) is 71.6 Å². The van der Waals surface area contributed by atoms with Gasteiger partial charge in [-0.05, 0) is 90.9 Å². The number of rotatable bonds is 4. The maximum Gasteiger partial charge on any atom is 0.156 e. The highest BCUT2D eigenvalue weighted by Gasteiger charge is 2.58. The summed E-state index contributed by atoms with van der Waals surface area (Å²) in [6.07, 6.45) is 13.4. The number of Topliss-reactive ketones (excluding diaryl/α,β-unsaturated/α-hetero) is 1. The van der Waals surface area contributed by atoms with E-state index in [-0.39, 0.29) is 10.8 Å². The Morgan fingerprint density at radius 3 is 2.47 bits per heavy atom. The molecule has 2 fully saturated rings. The van der Waals surface area contributed by atoms with Crippen molar-refractivity contribution in [3.63, 3.8) is 0 Å². The summed E-state index contributed by atoms with van der Waals surface area (Å²) in [6.45, 7) is 4.66. The molecule has 158 valence electrons. The summed E-state index contributed by atoms with van der Waals surface area (Å²) in [5, 5.41) is 0. The Kier molecular flexibility index (Phi) is 4.87. The fourth-order valence-corrected chi connectivity index (χ4v) is 7.37. The number of carbonyl (C=O) groups is 2. The van der Waals surface area contributed by atoms with Crippen LogP contribution in [-0.2, 0) is 16.0 Å². The monoisotopic (exact) mass is 402 g/mol. The highest BCUT2D eigenvalue weighted by Crippen LogP contribution is 2.64. The average Bonchev–Trinajstić information content (AvgIpc) is 3.05. The Morgan fingerprint density at radius 1 is 0.900 bits per heavy atom. The predicted molar refractivity (Wildman–Crippen MR) is 120 cm³/mol. The highest BCUT2D eigenvalue weighted by molar-refractivity contribution is 5.92. The van der Waals surface area contributed by atoms with Crippen molar-refractivity contribution in [1.82, 2.24) is 0 Å². The number of ketones is 2. The first-order valence-corrected chi connectivity index (χ1v) is 12.0. The SMILES string of the molecule is C[C@]12CCC(=O)C=C1C(CCCc1ccccc1)=C[C@@H]1[C@@H]2CC[C@]2(C)C(=O)CC[C@@H]12. The summed E-state index contributed by atoms with van der Waals surface area (Å²) in [6, 6.07) is 10.7. The fourth-order valence-electron chi connectivity index (χ4n) is 7.37. The molecule has 30 heavy (non-hydrogen) atoms. The summed E-state index contributed by atoms with van der Waals surface area (Å²) in [5.41, 5.74) is 4.11. The zero-order valence-corrected chi connectivity index (χ0v) is 18.5. The van der Waals surface area contributed by atoms with Gasteiger partial charge in [-0.25, -0.2) is 0 Å². The van der Waals surface area contributed by atoms with Crippen LogP contribution in [-0.4, -0.2) is 11.6 Å². The van der Waals surface area contributed by atoms with Gasteiger partial charge >= 0.3 is 0 Å². The minimum atomic E-state index is -0.116. The molecule has 4 aliphatic carbocycles. The average molecular weight is 403 g/mol. The number of aryl methyl sites for hydroxylation is 1. The van der Waals surface area contributed by atoms with Gasteiger partial charge in [0.2, 0.25) is 0 Å². The molecular formula is C28H34O2. The van der Waals surface area contributed by atoms with E-state index in [0.29, 0.717) is 35.7 Å². The van der Waals surface area contributed by atoms with Crippen LogP contribution in [0.5, 0.6) is 0 Å². The third-order valence-corrected chi connectivity index (χ3v) is 9.17. The van der Waals surface area contributed by atoms with Gasteiger partial charge in [0.1, 0.15) is 5.78 Å². The first-order valence-electron chi connectivity index (χ1n) is 12.0. The van der Waals surface area contributed by atoms with Gasteiger partial charge in [-0.15, -0.1) is 0 Å². The van der Waals surface area contributed by atoms with E-state index in [1.165, 1.54) is 16.7 Å². The van der Waals surface area contributed by atoms with Crippen molar-refractivity contribution in [2.24, 2.45) is 28.6 Å². The van der Waals surface area contributed by atoms with Gasteiger partial charge in [0.15, 0.2) is 5.78 Å². The van der Waals surface area contributed by atoms with Crippen LogP contribution in [0.2, 0.25) is 0 Å². The summed E-state index contributed by atoms with van der Waals surface area (Å²) in [5.74, 6) is 2.36. The van der Waals surface area contributed by atoms with Gasteiger partial charge in [-0.1, -0.05) is 50.3 Å². The maximum atomic E-state index is 12.7. The third kappa shape index (κ3) is 3.06. The Balaban J connectivity index is 1.47. The van der Waals surface area contributed by atoms with E-state index in [9.17, 15) is 9.59 Å². The van der Waals surface area contributed by atoms with Crippen molar-refractivity contribution >= 4 is 11.6 Å². The second kappa shape index (κ2) is 7.32. The summed E-state index contributed by atoms with van der Waals surface area (Å²) in [7, 11) is 0. The fraction of sp³-hybridized carbons (Fsp3) is 0.571. The zero-order chi connectivity index (χ0) is 20.9. The van der Waals surface area contributed by atoms with E-state index in [2.05, 4.69) is 50.3 Å². The van der Waals surface area contributed by atoms with Crippen molar-refractivity contribution in [3.05, 3.63) is 59.2 Å². The molecule has 0 radical (unpaired) electrons. The van der Waals surface area contributed by atoms with Crippen LogP contribution in [0.4, 0.5) is 0 Å². The lowest BCUT2D eigenvalue weighted by Crippen LogP contribution is -2.49. The number of hydrogen-bond acceptors (Lipinski definition) is 2. The molecular weight excluding hydrogens is 368 g/mol. The summed E-state index contributed by atoms with van der Waals surface area (Å²) < 4.78 is 0. The van der Waals surface area contributed by atoms with Gasteiger partial charge in [0.25, 0.3) is 0 Å². The van der Waals surface area contributed by atoms with Crippen LogP contribution >= 0.6 is 0 Å². The molecule has 5 rings (SSSR count). The molecule has 0 aliphatic heterocycles. The standard InChI is InChI=1S/C28H34O2/c1-27-15-13-21(29)18-25(27)20(10-6-9-19-7-4-3-5-8-19)17-22-23-11-12-26(30)28(23,2)16-14-24(22)27/h3-5,7-8,17-18,22-24H,6,9-16H2,1-2H3/t22-,23-,24-,27+,28-/m0/s1. The molecule has 0 unspecified atom stereocenters. The van der Waals surface area contributed by atoms with Crippen LogP contribution in [0.1, 0.15) is 70.8 Å². The number of hydrogen-bond donors (Lipinski definition) is 0. The van der Waals surface area contributed by atoms with Crippen LogP contribution < -0.4 is 0 Å². The Bertz CT molecular complexity index is 923. The summed E-state index contributed by atoms with van der Waals surface area (Å²) >= 11 is 0. The number of fused-ring (bicyclic) bond motifs is 5. The smallest absolute Gasteiger partial charge is 0.156 e. The Morgan fingerprint density at radius 2 is 1.67 bits per heavy atom. The second-order valence-corrected chi connectivity index (χ2v) is 10.7. The molecule has 4 aliphatic rings. The van der Waals surface area contributed by atoms with Crippen molar-refractivity contribution in [2.75, 3.05) is 0 Å². The van der Waals surface area contributed by atoms with Crippen LogP contribution in [0.3, 0.4) is 0 Å². The van der Waals surface area contributed by atoms with Gasteiger partial charge in [0, 0.05) is 18.3 Å². The topological polar surface area (TPSA) is 34.1 Å². The molecule has 0 heterocycles. The first kappa shape index (κ1) is 20.0. The Hall–Kier alpha value is -1.96. The lowest BCUT2D eigenvalue weighted by Gasteiger charge is -2.56. The number of carbonyl (C=O) groups excluding carboxylic acids is 2. The van der Waals surface area contributed by atoms with Crippen molar-refractivity contribution < 1.29 is 9.59 Å². The zero-order valence-electron chi connectivity index (χ0n) is 18.5. The van der Waals surface area contributed by atoms with E-state index >= 15 is 0 Å². The lowest BCUT2D eigenvalue weighted by atomic mass is 9.48. The predicted octanol–water partition coefficient (Wildman–Crippen LogP) is 6.26. The van der Waals surface area contributed by atoms with Crippen molar-refractivity contribution in [1.29, 1.82) is 0 Å². The number of benzene rings is 1. The van der Waals surface area contributed by atoms with E-state index in [4.69, 9.17) is 0 Å². The summed E-state index contributed by atoms with van der Waals surface area (Å²) in [4.78, 5) is 25.1. The van der Waals surface area contributed by atoms with E-state index in [1.807, 2.05) is 6.08 Å². The van der Waals surface area contributed by atoms with Crippen molar-refractivity contribution in [3.8, 4) is 0 Å². The minimum Gasteiger partial charge on any atom is -0.299 e. The molecule has 0 N–H and O–H groups in total. The molecule has 0 spiro atoms. The van der Waals surface area contributed by atoms with Gasteiger partial charge < -0.3 is 0 Å². The molecule has 0 aromatic heterocycles. The molecule has 2 saturated carbocycles. The Labute approximate surface area is 180 Å². The first-order chi connectivity index (χ1) is 14.4. The van der Waals surface area contributed by atoms with Crippen LogP contribution in [0, 0.1) is 28.6 Å². The minimum absolute atomic E-state index is 0.0996. The van der Waals surface area contributed by atoms with Gasteiger partial charge in [-0.2, -0.15) is 0 Å². The van der Waals surface area contributed by atoms with E-state index in [0.717, 1.165) is 51.4 Å². The number of allylic oxidation sites excluding steroid dienone is 4. The van der Waals surface area contributed by atoms with Crippen LogP contribution in [0.15, 0.2) is 53.6 Å². The normalized spacial score (nSPS) is 37.7. The lowest BCUT2D eigenvalue weighted by molar-refractivity contribution is -0.130. The largest absolute Gasteiger partial charge is 0.299 e. The van der Waals surface area contributed by atoms with E-state index in [1.54, 1.807) is 0 Å². The molecule has 0 amide bonds. The molecule has 5 atom stereocenters. The molecule has 0 saturated heterocycles. The highest BCUT2D eigenvalue weighted by atomic mass is 16.1. The van der Waals surface area contributed by atoms with Gasteiger partial charge in [0.05, 0.1) is 0 Å². The maximum absolute atomic E-state index is 12.7. The molecule has 2 nitrogen and oxygen atoms in total. The van der Waals surface area contributed by atoms with Gasteiger partial charge in [-0.3, -0.25) is 9.59 Å². The quantitative estimate of drug-likeness (QED) is 0.596.